The average Bonchev–Trinajstić information content (AvgIpc) is 3.00. The number of amides is 1. The highest BCUT2D eigenvalue weighted by atomic mass is 16.5. The second kappa shape index (κ2) is 6.62. The summed E-state index contributed by atoms with van der Waals surface area (Å²) in [6, 6.07) is 9.37. The summed E-state index contributed by atoms with van der Waals surface area (Å²) in [5.74, 6) is 0.0185. The maximum atomic E-state index is 12.4. The van der Waals surface area contributed by atoms with Gasteiger partial charge in [0.05, 0.1) is 12.7 Å². The third kappa shape index (κ3) is 3.03. The average molecular weight is 325 g/mol. The lowest BCUT2D eigenvalue weighted by atomic mass is 10.1. The topological polar surface area (TPSA) is 76.1 Å². The van der Waals surface area contributed by atoms with Crippen LogP contribution in [0.15, 0.2) is 47.5 Å². The number of pyridine rings is 1. The van der Waals surface area contributed by atoms with Crippen LogP contribution >= 0.6 is 0 Å². The Kier molecular flexibility index (Phi) is 4.37. The largest absolute Gasteiger partial charge is 0.496 e. The number of hydrogen-bond donors (Lipinski definition) is 2. The first-order valence-corrected chi connectivity index (χ1v) is 7.68. The molecule has 0 unspecified atom stereocenters. The van der Waals surface area contributed by atoms with Crippen molar-refractivity contribution >= 4 is 16.8 Å². The summed E-state index contributed by atoms with van der Waals surface area (Å²) in [6.07, 6.45) is 4.16. The van der Waals surface area contributed by atoms with Crippen LogP contribution in [0, 0.1) is 0 Å². The van der Waals surface area contributed by atoms with E-state index >= 15 is 0 Å². The summed E-state index contributed by atoms with van der Waals surface area (Å²) in [5.41, 5.74) is 2.36. The number of benzene rings is 1. The van der Waals surface area contributed by atoms with Crippen molar-refractivity contribution in [3.63, 3.8) is 0 Å². The van der Waals surface area contributed by atoms with Crippen molar-refractivity contribution in [2.24, 2.45) is 7.05 Å². The van der Waals surface area contributed by atoms with E-state index in [1.54, 1.807) is 7.05 Å². The van der Waals surface area contributed by atoms with E-state index in [0.29, 0.717) is 18.5 Å². The van der Waals surface area contributed by atoms with E-state index < -0.39 is 0 Å². The lowest BCUT2D eigenvalue weighted by molar-refractivity contribution is 0.0950. The van der Waals surface area contributed by atoms with E-state index in [9.17, 15) is 9.59 Å². The van der Waals surface area contributed by atoms with Crippen molar-refractivity contribution in [2.45, 2.75) is 6.42 Å². The molecular formula is C18H19N3O3. The Hall–Kier alpha value is -3.02. The number of carbonyl (C=O) groups is 1. The molecule has 0 radical (unpaired) electrons. The summed E-state index contributed by atoms with van der Waals surface area (Å²) in [6.45, 7) is 0.493. The molecule has 2 heterocycles. The lowest BCUT2D eigenvalue weighted by Gasteiger charge is -2.10. The minimum Gasteiger partial charge on any atom is -0.496 e. The summed E-state index contributed by atoms with van der Waals surface area (Å²) in [5, 5.41) is 4.03. The Morgan fingerprint density at radius 2 is 2.12 bits per heavy atom. The Bertz CT molecular complexity index is 940. The number of carbonyl (C=O) groups excluding carboxylic acids is 1. The van der Waals surface area contributed by atoms with E-state index in [4.69, 9.17) is 4.74 Å². The molecule has 0 bridgehead atoms. The van der Waals surface area contributed by atoms with Gasteiger partial charge in [-0.25, -0.2) is 0 Å². The maximum absolute atomic E-state index is 12.4. The molecule has 2 N–H and O–H groups in total. The quantitative estimate of drug-likeness (QED) is 0.751. The van der Waals surface area contributed by atoms with Gasteiger partial charge in [-0.3, -0.25) is 9.59 Å². The Morgan fingerprint density at radius 3 is 2.92 bits per heavy atom. The molecule has 124 valence electrons. The molecule has 0 aliphatic carbocycles. The van der Waals surface area contributed by atoms with Crippen molar-refractivity contribution < 1.29 is 9.53 Å². The number of aryl methyl sites for hydroxylation is 1. The van der Waals surface area contributed by atoms with Crippen molar-refractivity contribution in [2.75, 3.05) is 13.7 Å². The van der Waals surface area contributed by atoms with Gasteiger partial charge in [-0.1, -0.05) is 18.2 Å². The second-order valence-corrected chi connectivity index (χ2v) is 5.57. The number of methoxy groups -OCH3 is 1. The molecule has 2 aromatic heterocycles. The number of aromatic amines is 1. The molecule has 6 nitrogen and oxygen atoms in total. The van der Waals surface area contributed by atoms with Gasteiger partial charge in [0.15, 0.2) is 0 Å². The first-order valence-electron chi connectivity index (χ1n) is 7.68. The molecule has 0 atom stereocenters. The fourth-order valence-corrected chi connectivity index (χ4v) is 2.70. The number of ether oxygens (including phenoxy) is 1. The zero-order chi connectivity index (χ0) is 17.1. The van der Waals surface area contributed by atoms with Crippen molar-refractivity contribution in [3.8, 4) is 5.75 Å². The Balaban J connectivity index is 1.70. The van der Waals surface area contributed by atoms with Gasteiger partial charge in [0.2, 0.25) is 0 Å². The van der Waals surface area contributed by atoms with E-state index in [-0.39, 0.29) is 17.2 Å². The fraction of sp³-hybridized carbons (Fsp3) is 0.222. The summed E-state index contributed by atoms with van der Waals surface area (Å²) in [4.78, 5) is 27.2. The number of rotatable bonds is 5. The molecule has 3 rings (SSSR count). The van der Waals surface area contributed by atoms with E-state index in [0.717, 1.165) is 16.5 Å². The molecule has 6 heteroatoms. The normalized spacial score (nSPS) is 10.8. The minimum absolute atomic E-state index is 0.220. The molecule has 24 heavy (non-hydrogen) atoms. The Labute approximate surface area is 139 Å². The van der Waals surface area contributed by atoms with Crippen LogP contribution in [0.3, 0.4) is 0 Å². The maximum Gasteiger partial charge on any atom is 0.256 e. The molecule has 1 amide bonds. The highest BCUT2D eigenvalue weighted by molar-refractivity contribution is 5.96. The number of hydrogen-bond acceptors (Lipinski definition) is 3. The van der Waals surface area contributed by atoms with Crippen LogP contribution in [-0.4, -0.2) is 29.1 Å². The molecule has 3 aromatic rings. The van der Waals surface area contributed by atoms with Gasteiger partial charge >= 0.3 is 0 Å². The monoisotopic (exact) mass is 325 g/mol. The lowest BCUT2D eigenvalue weighted by Crippen LogP contribution is -2.28. The standard InChI is InChI=1S/C18H19N3O3/c1-21-11-14(16(24-2)9-17(21)22)18(23)19-8-7-12-10-20-15-6-4-3-5-13(12)15/h3-6,9-11,20H,7-8H2,1-2H3,(H,19,23). The predicted molar refractivity (Wildman–Crippen MR) is 92.6 cm³/mol. The van der Waals surface area contributed by atoms with E-state index in [1.165, 1.54) is 23.9 Å². The van der Waals surface area contributed by atoms with Crippen LogP contribution in [-0.2, 0) is 13.5 Å². The van der Waals surface area contributed by atoms with Crippen LogP contribution in [0.4, 0.5) is 0 Å². The van der Waals surface area contributed by atoms with Gasteiger partial charge < -0.3 is 19.6 Å². The zero-order valence-corrected chi connectivity index (χ0v) is 13.6. The second-order valence-electron chi connectivity index (χ2n) is 5.57. The third-order valence-corrected chi connectivity index (χ3v) is 4.01. The van der Waals surface area contributed by atoms with Gasteiger partial charge in [-0.15, -0.1) is 0 Å². The molecular weight excluding hydrogens is 306 g/mol. The van der Waals surface area contributed by atoms with Gasteiger partial charge in [-0.05, 0) is 18.1 Å². The van der Waals surface area contributed by atoms with Crippen molar-refractivity contribution in [3.05, 3.63) is 64.2 Å². The number of para-hydroxylation sites is 1. The van der Waals surface area contributed by atoms with Crippen LogP contribution in [0.25, 0.3) is 10.9 Å². The predicted octanol–water partition coefficient (Wildman–Crippen LogP) is 1.85. The minimum atomic E-state index is -0.262. The number of fused-ring (bicyclic) bond motifs is 1. The molecule has 0 aliphatic heterocycles. The van der Waals surface area contributed by atoms with Gasteiger partial charge in [0, 0.05) is 43.0 Å². The molecule has 0 fully saturated rings. The van der Waals surface area contributed by atoms with Crippen LogP contribution in [0.1, 0.15) is 15.9 Å². The SMILES string of the molecule is COc1cc(=O)n(C)cc1C(=O)NCCc1c[nH]c2ccccc12. The summed E-state index contributed by atoms with van der Waals surface area (Å²) in [7, 11) is 3.04. The molecule has 0 aliphatic rings. The first kappa shape index (κ1) is 15.9. The number of H-pyrrole nitrogens is 1. The van der Waals surface area contributed by atoms with Crippen LogP contribution < -0.4 is 15.6 Å². The smallest absolute Gasteiger partial charge is 0.256 e. The van der Waals surface area contributed by atoms with Gasteiger partial charge in [0.25, 0.3) is 11.5 Å². The zero-order valence-electron chi connectivity index (χ0n) is 13.6. The van der Waals surface area contributed by atoms with Crippen LogP contribution in [0.2, 0.25) is 0 Å². The number of nitrogens with zero attached hydrogens (tertiary/aromatic N) is 1. The number of aromatic nitrogens is 2. The van der Waals surface area contributed by atoms with Crippen molar-refractivity contribution in [1.82, 2.24) is 14.9 Å². The van der Waals surface area contributed by atoms with E-state index in [1.807, 2.05) is 24.4 Å². The van der Waals surface area contributed by atoms with Gasteiger partial charge in [0.1, 0.15) is 5.75 Å². The van der Waals surface area contributed by atoms with Crippen molar-refractivity contribution in [1.29, 1.82) is 0 Å². The molecule has 0 spiro atoms. The molecule has 1 aromatic carbocycles. The van der Waals surface area contributed by atoms with E-state index in [2.05, 4.69) is 16.4 Å². The summed E-state index contributed by atoms with van der Waals surface area (Å²) >= 11 is 0. The highest BCUT2D eigenvalue weighted by Gasteiger charge is 2.14. The number of nitrogens with one attached hydrogen (secondary N) is 2. The van der Waals surface area contributed by atoms with Crippen LogP contribution in [0.5, 0.6) is 5.75 Å². The first-order chi connectivity index (χ1) is 11.6. The molecule has 0 saturated heterocycles. The highest BCUT2D eigenvalue weighted by Crippen LogP contribution is 2.18. The molecule has 0 saturated carbocycles. The summed E-state index contributed by atoms with van der Waals surface area (Å²) < 4.78 is 6.49. The Morgan fingerprint density at radius 1 is 1.33 bits per heavy atom. The third-order valence-electron chi connectivity index (χ3n) is 4.01. The van der Waals surface area contributed by atoms with Gasteiger partial charge in [-0.2, -0.15) is 0 Å². The fourth-order valence-electron chi connectivity index (χ4n) is 2.70.